The quantitative estimate of drug-likeness (QED) is 0.219. The van der Waals surface area contributed by atoms with Crippen molar-refractivity contribution in [3.8, 4) is 0 Å². The summed E-state index contributed by atoms with van der Waals surface area (Å²) < 4.78 is 11.3. The van der Waals surface area contributed by atoms with Crippen molar-refractivity contribution in [2.75, 3.05) is 6.61 Å². The van der Waals surface area contributed by atoms with E-state index >= 15 is 0 Å². The van der Waals surface area contributed by atoms with Gasteiger partial charge in [0, 0.05) is 0 Å². The van der Waals surface area contributed by atoms with Gasteiger partial charge < -0.3 is 9.47 Å². The molecule has 1 aliphatic carbocycles. The number of esters is 2. The van der Waals surface area contributed by atoms with Crippen molar-refractivity contribution in [3.63, 3.8) is 0 Å². The van der Waals surface area contributed by atoms with Crippen LogP contribution in [0.15, 0.2) is 0 Å². The lowest BCUT2D eigenvalue weighted by Crippen LogP contribution is -2.37. The minimum atomic E-state index is -0.327. The summed E-state index contributed by atoms with van der Waals surface area (Å²) in [6, 6.07) is 0. The van der Waals surface area contributed by atoms with Crippen molar-refractivity contribution < 1.29 is 19.1 Å². The van der Waals surface area contributed by atoms with E-state index in [1.807, 2.05) is 6.92 Å². The van der Waals surface area contributed by atoms with Gasteiger partial charge >= 0.3 is 11.9 Å². The van der Waals surface area contributed by atoms with Crippen LogP contribution in [-0.4, -0.2) is 24.6 Å². The number of carbonyl (C=O) groups is 2. The average Bonchev–Trinajstić information content (AvgIpc) is 2.72. The van der Waals surface area contributed by atoms with E-state index < -0.39 is 0 Å². The predicted octanol–water partition coefficient (Wildman–Crippen LogP) is 6.84. The van der Waals surface area contributed by atoms with Gasteiger partial charge in [-0.2, -0.15) is 0 Å². The highest BCUT2D eigenvalue weighted by molar-refractivity contribution is 5.82. The van der Waals surface area contributed by atoms with Gasteiger partial charge in [0.05, 0.1) is 18.4 Å². The SMILES string of the molecule is CCCCCCCCCCCOC(=O)C1CCCCC1C(=O)OC(CC)C(C)C. The largest absolute Gasteiger partial charge is 0.465 e. The number of carbonyl (C=O) groups excluding carboxylic acids is 2. The maximum absolute atomic E-state index is 12.7. The molecule has 1 fully saturated rings. The van der Waals surface area contributed by atoms with Crippen molar-refractivity contribution >= 4 is 11.9 Å². The number of hydrogen-bond acceptors (Lipinski definition) is 4. The van der Waals surface area contributed by atoms with Gasteiger partial charge in [0.15, 0.2) is 0 Å². The predicted molar refractivity (Wildman–Crippen MR) is 119 cm³/mol. The molecule has 170 valence electrons. The highest BCUT2D eigenvalue weighted by Crippen LogP contribution is 2.33. The summed E-state index contributed by atoms with van der Waals surface area (Å²) in [7, 11) is 0. The van der Waals surface area contributed by atoms with Crippen LogP contribution in [0.25, 0.3) is 0 Å². The first kappa shape index (κ1) is 26.0. The molecule has 1 rings (SSSR count). The molecule has 0 saturated heterocycles. The van der Waals surface area contributed by atoms with Crippen LogP contribution < -0.4 is 0 Å². The molecule has 29 heavy (non-hydrogen) atoms. The number of unbranched alkanes of at least 4 members (excludes halogenated alkanes) is 8. The monoisotopic (exact) mass is 410 g/mol. The Kier molecular flexibility index (Phi) is 14.1. The van der Waals surface area contributed by atoms with Gasteiger partial charge in [-0.05, 0) is 31.6 Å². The van der Waals surface area contributed by atoms with E-state index in [4.69, 9.17) is 9.47 Å². The van der Waals surface area contributed by atoms with Crippen molar-refractivity contribution in [1.82, 2.24) is 0 Å². The van der Waals surface area contributed by atoms with Gasteiger partial charge in [-0.25, -0.2) is 0 Å². The van der Waals surface area contributed by atoms with E-state index in [1.165, 1.54) is 44.9 Å². The summed E-state index contributed by atoms with van der Waals surface area (Å²) in [6.45, 7) is 8.90. The Balaban J connectivity index is 2.29. The molecule has 0 heterocycles. The summed E-state index contributed by atoms with van der Waals surface area (Å²) in [6.07, 6.45) is 15.4. The molecular formula is C25H46O4. The normalized spacial score (nSPS) is 20.4. The summed E-state index contributed by atoms with van der Waals surface area (Å²) >= 11 is 0. The molecule has 3 atom stereocenters. The lowest BCUT2D eigenvalue weighted by Gasteiger charge is -2.30. The summed E-state index contributed by atoms with van der Waals surface area (Å²) in [5.41, 5.74) is 0. The second kappa shape index (κ2) is 15.7. The van der Waals surface area contributed by atoms with E-state index in [0.717, 1.165) is 44.9 Å². The zero-order valence-corrected chi connectivity index (χ0v) is 19.5. The first-order valence-electron chi connectivity index (χ1n) is 12.4. The molecule has 4 heteroatoms. The van der Waals surface area contributed by atoms with E-state index in [2.05, 4.69) is 20.8 Å². The number of rotatable bonds is 15. The minimum Gasteiger partial charge on any atom is -0.465 e. The van der Waals surface area contributed by atoms with Gasteiger partial charge in [0.2, 0.25) is 0 Å². The molecule has 0 aromatic carbocycles. The fraction of sp³-hybridized carbons (Fsp3) is 0.920. The van der Waals surface area contributed by atoms with Crippen LogP contribution in [0.3, 0.4) is 0 Å². The Morgan fingerprint density at radius 2 is 1.31 bits per heavy atom. The van der Waals surface area contributed by atoms with Crippen molar-refractivity contribution in [3.05, 3.63) is 0 Å². The van der Waals surface area contributed by atoms with E-state index in [-0.39, 0.29) is 29.9 Å². The molecule has 0 radical (unpaired) electrons. The lowest BCUT2D eigenvalue weighted by atomic mass is 9.79. The molecule has 0 aromatic heterocycles. The summed E-state index contributed by atoms with van der Waals surface area (Å²) in [5.74, 6) is -0.740. The van der Waals surface area contributed by atoms with Gasteiger partial charge in [-0.15, -0.1) is 0 Å². The zero-order chi connectivity index (χ0) is 21.5. The molecule has 0 spiro atoms. The topological polar surface area (TPSA) is 52.6 Å². The molecule has 0 aromatic rings. The molecule has 0 aliphatic heterocycles. The van der Waals surface area contributed by atoms with Gasteiger partial charge in [0.25, 0.3) is 0 Å². The van der Waals surface area contributed by atoms with Crippen molar-refractivity contribution in [2.24, 2.45) is 17.8 Å². The third-order valence-electron chi connectivity index (χ3n) is 6.28. The molecular weight excluding hydrogens is 364 g/mol. The molecule has 3 unspecified atom stereocenters. The van der Waals surface area contributed by atoms with Crippen LogP contribution in [0, 0.1) is 17.8 Å². The van der Waals surface area contributed by atoms with Crippen LogP contribution in [0.2, 0.25) is 0 Å². The van der Waals surface area contributed by atoms with Crippen LogP contribution in [0.5, 0.6) is 0 Å². The van der Waals surface area contributed by atoms with E-state index in [9.17, 15) is 9.59 Å². The van der Waals surface area contributed by atoms with E-state index in [1.54, 1.807) is 0 Å². The van der Waals surface area contributed by atoms with Gasteiger partial charge in [0.1, 0.15) is 6.10 Å². The van der Waals surface area contributed by atoms with Gasteiger partial charge in [-0.1, -0.05) is 91.9 Å². The number of hydrogen-bond donors (Lipinski definition) is 0. The van der Waals surface area contributed by atoms with Crippen LogP contribution in [-0.2, 0) is 19.1 Å². The fourth-order valence-electron chi connectivity index (χ4n) is 4.32. The molecule has 0 bridgehead atoms. The smallest absolute Gasteiger partial charge is 0.310 e. The molecule has 1 aliphatic rings. The second-order valence-corrected chi connectivity index (χ2v) is 9.12. The zero-order valence-electron chi connectivity index (χ0n) is 19.5. The summed E-state index contributed by atoms with van der Waals surface area (Å²) in [5, 5.41) is 0. The standard InChI is InChI=1S/C25H46O4/c1-5-7-8-9-10-11-12-13-16-19-28-24(26)21-17-14-15-18-22(21)25(27)29-23(6-2)20(3)4/h20-23H,5-19H2,1-4H3. The fourth-order valence-corrected chi connectivity index (χ4v) is 4.32. The second-order valence-electron chi connectivity index (χ2n) is 9.12. The minimum absolute atomic E-state index is 0.0666. The average molecular weight is 411 g/mol. The Hall–Kier alpha value is -1.06. The molecule has 0 amide bonds. The Morgan fingerprint density at radius 3 is 1.83 bits per heavy atom. The third-order valence-corrected chi connectivity index (χ3v) is 6.28. The first-order chi connectivity index (χ1) is 14.0. The Bertz CT molecular complexity index is 446. The van der Waals surface area contributed by atoms with Gasteiger partial charge in [-0.3, -0.25) is 9.59 Å². The highest BCUT2D eigenvalue weighted by atomic mass is 16.5. The number of ether oxygens (including phenoxy) is 2. The van der Waals surface area contributed by atoms with Crippen LogP contribution >= 0.6 is 0 Å². The molecule has 4 nitrogen and oxygen atoms in total. The Morgan fingerprint density at radius 1 is 0.793 bits per heavy atom. The highest BCUT2D eigenvalue weighted by Gasteiger charge is 2.38. The van der Waals surface area contributed by atoms with E-state index in [0.29, 0.717) is 12.5 Å². The van der Waals surface area contributed by atoms with Crippen molar-refractivity contribution in [1.29, 1.82) is 0 Å². The summed E-state index contributed by atoms with van der Waals surface area (Å²) in [4.78, 5) is 25.3. The first-order valence-corrected chi connectivity index (χ1v) is 12.4. The lowest BCUT2D eigenvalue weighted by molar-refractivity contribution is -0.167. The third kappa shape index (κ3) is 10.5. The Labute approximate surface area is 179 Å². The van der Waals surface area contributed by atoms with Crippen molar-refractivity contribution in [2.45, 2.75) is 124 Å². The maximum atomic E-state index is 12.7. The molecule has 1 saturated carbocycles. The maximum Gasteiger partial charge on any atom is 0.310 e. The van der Waals surface area contributed by atoms with Crippen LogP contribution in [0.1, 0.15) is 118 Å². The molecule has 0 N–H and O–H groups in total. The van der Waals surface area contributed by atoms with Crippen LogP contribution in [0.4, 0.5) is 0 Å².